The molecule has 0 saturated heterocycles. The van der Waals surface area contributed by atoms with E-state index in [1.807, 2.05) is 12.1 Å². The van der Waals surface area contributed by atoms with Gasteiger partial charge in [0.25, 0.3) is 0 Å². The minimum absolute atomic E-state index is 0.351. The van der Waals surface area contributed by atoms with Crippen molar-refractivity contribution in [3.8, 4) is 0 Å². The summed E-state index contributed by atoms with van der Waals surface area (Å²) in [5.41, 5.74) is 1.08. The summed E-state index contributed by atoms with van der Waals surface area (Å²) in [4.78, 5) is 22.1. The van der Waals surface area contributed by atoms with E-state index in [0.29, 0.717) is 5.69 Å². The predicted molar refractivity (Wildman–Crippen MR) is 74.8 cm³/mol. The maximum Gasteiger partial charge on any atom is 0.171 e. The van der Waals surface area contributed by atoms with Gasteiger partial charge >= 0.3 is 0 Å². The van der Waals surface area contributed by atoms with Gasteiger partial charge in [-0.2, -0.15) is 0 Å². The lowest BCUT2D eigenvalue weighted by Gasteiger charge is -2.11. The number of rotatable bonds is 4. The highest BCUT2D eigenvalue weighted by Gasteiger charge is 2.14. The Balaban J connectivity index is 2.60. The van der Waals surface area contributed by atoms with Gasteiger partial charge in [-0.3, -0.25) is 0 Å². The van der Waals surface area contributed by atoms with Gasteiger partial charge in [0.2, 0.25) is 0 Å². The van der Waals surface area contributed by atoms with Crippen molar-refractivity contribution >= 4 is 28.4 Å². The molecule has 0 aliphatic heterocycles. The van der Waals surface area contributed by atoms with Crippen molar-refractivity contribution < 1.29 is 5.03 Å². The maximum absolute atomic E-state index is 10.7. The van der Waals surface area contributed by atoms with Gasteiger partial charge in [-0.1, -0.05) is 22.6 Å². The van der Waals surface area contributed by atoms with Gasteiger partial charge in [-0.15, -0.1) is 4.91 Å². The molecule has 2 aromatic rings. The average molecular weight is 277 g/mol. The first-order valence-corrected chi connectivity index (χ1v) is 6.23. The summed E-state index contributed by atoms with van der Waals surface area (Å²) in [5, 5.41) is 14.9. The summed E-state index contributed by atoms with van der Waals surface area (Å²) < 4.78 is 0.926. The molecule has 0 aliphatic rings. The average Bonchev–Trinajstić information content (AvgIpc) is 2.39. The van der Waals surface area contributed by atoms with Crippen molar-refractivity contribution in [3.63, 3.8) is 0 Å². The van der Waals surface area contributed by atoms with E-state index >= 15 is 0 Å². The number of nitrogens with zero attached hydrogens (tertiary/aromatic N) is 3. The van der Waals surface area contributed by atoms with Crippen LogP contribution < -0.4 is 0 Å². The lowest BCUT2D eigenvalue weighted by molar-refractivity contribution is -0.610. The molecule has 7 heteroatoms. The van der Waals surface area contributed by atoms with E-state index in [9.17, 15) is 15.0 Å². The molecule has 0 saturated carbocycles. The molecule has 0 unspecified atom stereocenters. The van der Waals surface area contributed by atoms with Gasteiger partial charge in [0.1, 0.15) is 5.69 Å². The van der Waals surface area contributed by atoms with Crippen LogP contribution in [0.3, 0.4) is 0 Å². The molecule has 2 rings (SSSR count). The number of aryl methyl sites for hydroxylation is 1. The normalized spacial score (nSPS) is 10.4. The van der Waals surface area contributed by atoms with E-state index in [0.717, 1.165) is 37.6 Å². The molecular weight excluding hydrogens is 266 g/mol. The number of hydrogen-bond acceptors (Lipinski definition) is 5. The maximum atomic E-state index is 10.7. The van der Waals surface area contributed by atoms with Crippen molar-refractivity contribution in [1.29, 1.82) is 0 Å². The van der Waals surface area contributed by atoms with E-state index in [1.165, 1.54) is 7.05 Å². The van der Waals surface area contributed by atoms with Crippen LogP contribution in [0.25, 0.3) is 10.8 Å². The van der Waals surface area contributed by atoms with Gasteiger partial charge in [0, 0.05) is 10.3 Å². The number of benzene rings is 2. The third-order valence-electron chi connectivity index (χ3n) is 2.80. The lowest BCUT2D eigenvalue weighted by Crippen LogP contribution is -2.16. The Morgan fingerprint density at radius 1 is 1.32 bits per heavy atom. The Hall–Kier alpha value is -2.15. The van der Waals surface area contributed by atoms with E-state index in [1.54, 1.807) is 25.1 Å². The number of fused-ring (bicyclic) bond motifs is 1. The zero-order valence-electron chi connectivity index (χ0n) is 10.4. The van der Waals surface area contributed by atoms with Crippen molar-refractivity contribution in [3.05, 3.63) is 50.9 Å². The first-order chi connectivity index (χ1) is 9.04. The molecule has 0 radical (unpaired) electrons. The summed E-state index contributed by atoms with van der Waals surface area (Å²) in [6.45, 7) is 1.79. The molecule has 98 valence electrons. The van der Waals surface area contributed by atoms with Gasteiger partial charge in [-0.25, -0.2) is 10.1 Å². The third kappa shape index (κ3) is 2.50. The van der Waals surface area contributed by atoms with Crippen LogP contribution in [-0.4, -0.2) is 16.5 Å². The van der Waals surface area contributed by atoms with Crippen LogP contribution in [0.1, 0.15) is 5.56 Å². The van der Waals surface area contributed by atoms with Crippen LogP contribution in [0, 0.1) is 21.9 Å². The van der Waals surface area contributed by atoms with Crippen LogP contribution in [0.5, 0.6) is 0 Å². The van der Waals surface area contributed by atoms with E-state index in [-0.39, 0.29) is 0 Å². The molecule has 0 aromatic heterocycles. The zero-order chi connectivity index (χ0) is 14.0. The number of hydrazine groups is 1. The molecule has 0 amide bonds. The van der Waals surface area contributed by atoms with Crippen molar-refractivity contribution in [2.75, 3.05) is 7.05 Å². The molecule has 19 heavy (non-hydrogen) atoms. The monoisotopic (exact) mass is 277 g/mol. The highest BCUT2D eigenvalue weighted by molar-refractivity contribution is 7.97. The van der Waals surface area contributed by atoms with E-state index < -0.39 is 5.03 Å². The molecule has 0 fully saturated rings. The van der Waals surface area contributed by atoms with Crippen LogP contribution in [0.15, 0.2) is 40.4 Å². The van der Waals surface area contributed by atoms with E-state index in [4.69, 9.17) is 0 Å². The highest BCUT2D eigenvalue weighted by Crippen LogP contribution is 2.35. The lowest BCUT2D eigenvalue weighted by atomic mass is 10.0. The first kappa shape index (κ1) is 13.3. The summed E-state index contributed by atoms with van der Waals surface area (Å²) in [6.07, 6.45) is 0. The second-order valence-electron chi connectivity index (χ2n) is 3.95. The minimum Gasteiger partial charge on any atom is -0.234 e. The Kier molecular flexibility index (Phi) is 3.66. The largest absolute Gasteiger partial charge is 0.234 e. The second kappa shape index (κ2) is 5.23. The summed E-state index contributed by atoms with van der Waals surface area (Å²) in [7, 11) is 1.38. The first-order valence-electron chi connectivity index (χ1n) is 5.46. The predicted octanol–water partition coefficient (Wildman–Crippen LogP) is 3.68. The molecule has 0 N–H and O–H groups in total. The molecule has 0 heterocycles. The van der Waals surface area contributed by atoms with Gasteiger partial charge in [0.15, 0.2) is 5.03 Å². The molecule has 2 aromatic carbocycles. The van der Waals surface area contributed by atoms with Crippen LogP contribution >= 0.6 is 11.9 Å². The SMILES string of the molecule is Cc1c(N=O)ccc2cccc(SN(C)[N+](=O)[O-])c12. The smallest absolute Gasteiger partial charge is 0.171 e. The van der Waals surface area contributed by atoms with Crippen molar-refractivity contribution in [2.45, 2.75) is 11.8 Å². The summed E-state index contributed by atoms with van der Waals surface area (Å²) in [6, 6.07) is 8.94. The third-order valence-corrected chi connectivity index (χ3v) is 3.73. The topological polar surface area (TPSA) is 75.8 Å². The summed E-state index contributed by atoms with van der Waals surface area (Å²) in [5.74, 6) is 0. The zero-order valence-corrected chi connectivity index (χ0v) is 11.2. The van der Waals surface area contributed by atoms with Crippen molar-refractivity contribution in [2.24, 2.45) is 5.18 Å². The van der Waals surface area contributed by atoms with Gasteiger partial charge in [-0.05, 0) is 35.2 Å². The van der Waals surface area contributed by atoms with Crippen molar-refractivity contribution in [1.82, 2.24) is 4.41 Å². The number of nitro groups is 1. The molecule has 0 aliphatic carbocycles. The Bertz CT molecular complexity index is 660. The van der Waals surface area contributed by atoms with E-state index in [2.05, 4.69) is 5.18 Å². The van der Waals surface area contributed by atoms with Gasteiger partial charge < -0.3 is 0 Å². The molecule has 0 bridgehead atoms. The Morgan fingerprint density at radius 3 is 2.68 bits per heavy atom. The molecule has 0 atom stereocenters. The van der Waals surface area contributed by atoms with Crippen LogP contribution in [0.2, 0.25) is 0 Å². The number of nitroso groups, excluding NO2 is 1. The fourth-order valence-electron chi connectivity index (χ4n) is 1.86. The number of hydrogen-bond donors (Lipinski definition) is 0. The molecule has 6 nitrogen and oxygen atoms in total. The quantitative estimate of drug-likeness (QED) is 0.369. The highest BCUT2D eigenvalue weighted by atomic mass is 32.2. The van der Waals surface area contributed by atoms with Gasteiger partial charge in [0.05, 0.1) is 19.0 Å². The standard InChI is InChI=1S/C12H11N3O3S/c1-8-10(13-16)7-6-9-4-3-5-11(12(8)9)19-14(2)15(17)18/h3-7H,1-2H3. The second-order valence-corrected chi connectivity index (χ2v) is 5.10. The fourth-order valence-corrected chi connectivity index (χ4v) is 2.71. The van der Waals surface area contributed by atoms with Crippen LogP contribution in [-0.2, 0) is 0 Å². The fraction of sp³-hybridized carbons (Fsp3) is 0.167. The Labute approximate surface area is 113 Å². The summed E-state index contributed by atoms with van der Waals surface area (Å²) >= 11 is 1.01. The molecular formula is C12H11N3O3S. The minimum atomic E-state index is -0.499. The molecule has 0 spiro atoms. The van der Waals surface area contributed by atoms with Crippen LogP contribution in [0.4, 0.5) is 5.69 Å². The Morgan fingerprint density at radius 2 is 2.05 bits per heavy atom.